The van der Waals surface area contributed by atoms with E-state index >= 15 is 0 Å². The third-order valence-electron chi connectivity index (χ3n) is 12.7. The van der Waals surface area contributed by atoms with Crippen LogP contribution in [0.2, 0.25) is 0 Å². The highest BCUT2D eigenvalue weighted by Crippen LogP contribution is 2.62. The Hall–Kier alpha value is -7.62. The van der Waals surface area contributed by atoms with Gasteiger partial charge in [-0.05, 0) is 86.0 Å². The van der Waals surface area contributed by atoms with E-state index in [-0.39, 0.29) is 5.92 Å². The minimum Gasteiger partial charge on any atom is -0.457 e. The summed E-state index contributed by atoms with van der Waals surface area (Å²) >= 11 is 0. The van der Waals surface area contributed by atoms with Crippen molar-refractivity contribution >= 4 is 10.8 Å². The Morgan fingerprint density at radius 1 is 0.417 bits per heavy atom. The van der Waals surface area contributed by atoms with Crippen LogP contribution in [0.1, 0.15) is 40.4 Å². The van der Waals surface area contributed by atoms with Gasteiger partial charge in [-0.3, -0.25) is 0 Å². The number of rotatable bonds is 5. The van der Waals surface area contributed by atoms with Crippen molar-refractivity contribution in [3.05, 3.63) is 240 Å². The number of benzene rings is 8. The normalized spacial score (nSPS) is 15.2. The second kappa shape index (κ2) is 13.8. The number of hydrogen-bond acceptors (Lipinski definition) is 3. The first-order valence-corrected chi connectivity index (χ1v) is 20.8. The lowest BCUT2D eigenvalue weighted by atomic mass is 9.66. The molecule has 2 heterocycles. The van der Waals surface area contributed by atoms with Crippen LogP contribution in [-0.4, -0.2) is 9.97 Å². The van der Waals surface area contributed by atoms with Crippen molar-refractivity contribution in [1.82, 2.24) is 9.97 Å². The SMILES string of the molecule is C1=CCC(c2nc(-c3ccc(-c4ccc5c(c4)C4(c6ccccc6O5)c5ccccc5-c5ccccc54)cc3)cc(-c3ccc(-c4ccccc4)c4ccccc34)n2)C=C1. The van der Waals surface area contributed by atoms with Gasteiger partial charge in [0.15, 0.2) is 0 Å². The summed E-state index contributed by atoms with van der Waals surface area (Å²) in [5.74, 6) is 2.72. The second-order valence-corrected chi connectivity index (χ2v) is 16.0. The smallest absolute Gasteiger partial charge is 0.136 e. The quantitative estimate of drug-likeness (QED) is 0.175. The van der Waals surface area contributed by atoms with Gasteiger partial charge in [0, 0.05) is 28.2 Å². The molecule has 9 aromatic rings. The van der Waals surface area contributed by atoms with E-state index in [0.29, 0.717) is 0 Å². The molecule has 1 unspecified atom stereocenters. The van der Waals surface area contributed by atoms with E-state index in [9.17, 15) is 0 Å². The van der Waals surface area contributed by atoms with Gasteiger partial charge < -0.3 is 4.74 Å². The first-order chi connectivity index (χ1) is 29.7. The number of hydrogen-bond donors (Lipinski definition) is 0. The molecule has 3 nitrogen and oxygen atoms in total. The van der Waals surface area contributed by atoms with Crippen LogP contribution in [0.3, 0.4) is 0 Å². The predicted octanol–water partition coefficient (Wildman–Crippen LogP) is 14.4. The van der Waals surface area contributed by atoms with Gasteiger partial charge in [-0.25, -0.2) is 9.97 Å². The highest BCUT2D eigenvalue weighted by Gasteiger charge is 2.51. The van der Waals surface area contributed by atoms with E-state index in [1.54, 1.807) is 0 Å². The Labute approximate surface area is 349 Å². The summed E-state index contributed by atoms with van der Waals surface area (Å²) in [6.07, 6.45) is 9.50. The van der Waals surface area contributed by atoms with E-state index in [0.717, 1.165) is 62.9 Å². The molecule has 0 saturated heterocycles. The Morgan fingerprint density at radius 2 is 1.02 bits per heavy atom. The van der Waals surface area contributed by atoms with Gasteiger partial charge in [-0.2, -0.15) is 0 Å². The van der Waals surface area contributed by atoms with Gasteiger partial charge in [0.05, 0.1) is 16.8 Å². The van der Waals surface area contributed by atoms with Crippen LogP contribution in [0, 0.1) is 0 Å². The number of aromatic nitrogens is 2. The zero-order valence-corrected chi connectivity index (χ0v) is 32.8. The molecule has 1 spiro atoms. The Kier molecular flexibility index (Phi) is 7.89. The topological polar surface area (TPSA) is 35.0 Å². The average Bonchev–Trinajstić information content (AvgIpc) is 3.62. The molecule has 0 fully saturated rings. The maximum atomic E-state index is 6.70. The summed E-state index contributed by atoms with van der Waals surface area (Å²) < 4.78 is 6.70. The number of ether oxygens (including phenoxy) is 1. The van der Waals surface area contributed by atoms with Gasteiger partial charge in [-0.15, -0.1) is 0 Å². The van der Waals surface area contributed by atoms with Crippen LogP contribution in [0.15, 0.2) is 212 Å². The molecule has 0 radical (unpaired) electrons. The van der Waals surface area contributed by atoms with Crippen LogP contribution < -0.4 is 4.74 Å². The predicted molar refractivity (Wildman–Crippen MR) is 244 cm³/mol. The molecule has 0 N–H and O–H groups in total. The van der Waals surface area contributed by atoms with Crippen molar-refractivity contribution in [2.75, 3.05) is 0 Å². The lowest BCUT2D eigenvalue weighted by Crippen LogP contribution is -2.32. The standard InChI is InChI=1S/C57H38N2O/c1-3-15-38(16-4-1)42-32-33-47(44-20-8-7-19-43(42)44)53-36-52(58-56(59-53)40-17-5-2-6-18-40)39-29-27-37(28-30-39)41-31-34-55-51(35-41)57(50-25-13-14-26-54(50)60-55)48-23-11-9-21-45(48)46-22-10-12-24-49(46)57/h1-17,19-36,40H,18H2. The van der Waals surface area contributed by atoms with Gasteiger partial charge in [0.25, 0.3) is 0 Å². The molecule has 0 saturated carbocycles. The summed E-state index contributed by atoms with van der Waals surface area (Å²) in [6.45, 7) is 0. The summed E-state index contributed by atoms with van der Waals surface area (Å²) in [5, 5.41) is 2.38. The van der Waals surface area contributed by atoms with Crippen LogP contribution >= 0.6 is 0 Å². The Bertz CT molecular complexity index is 3170. The molecule has 3 aliphatic rings. The van der Waals surface area contributed by atoms with E-state index in [2.05, 4.69) is 212 Å². The zero-order valence-electron chi connectivity index (χ0n) is 32.8. The Morgan fingerprint density at radius 3 is 1.77 bits per heavy atom. The largest absolute Gasteiger partial charge is 0.457 e. The number of nitrogens with zero attached hydrogens (tertiary/aromatic N) is 2. The van der Waals surface area contributed by atoms with Crippen molar-refractivity contribution in [1.29, 1.82) is 0 Å². The van der Waals surface area contributed by atoms with Crippen LogP contribution in [-0.2, 0) is 5.41 Å². The van der Waals surface area contributed by atoms with Crippen molar-refractivity contribution in [2.24, 2.45) is 0 Å². The molecular formula is C57H38N2O. The number of para-hydroxylation sites is 1. The van der Waals surface area contributed by atoms with Crippen LogP contribution in [0.25, 0.3) is 66.7 Å². The third-order valence-corrected chi connectivity index (χ3v) is 12.7. The summed E-state index contributed by atoms with van der Waals surface area (Å²) in [5.41, 5.74) is 15.6. The molecule has 1 aliphatic heterocycles. The van der Waals surface area contributed by atoms with Crippen LogP contribution in [0.5, 0.6) is 11.5 Å². The van der Waals surface area contributed by atoms with Crippen molar-refractivity contribution < 1.29 is 4.74 Å². The fraction of sp³-hybridized carbons (Fsp3) is 0.0526. The fourth-order valence-corrected chi connectivity index (χ4v) is 9.95. The molecule has 1 atom stereocenters. The van der Waals surface area contributed by atoms with Crippen molar-refractivity contribution in [2.45, 2.75) is 17.8 Å². The van der Waals surface area contributed by atoms with Gasteiger partial charge in [-0.1, -0.05) is 188 Å². The summed E-state index contributed by atoms with van der Waals surface area (Å²) in [6, 6.07) is 67.8. The lowest BCUT2D eigenvalue weighted by molar-refractivity contribution is 0.436. The van der Waals surface area contributed by atoms with E-state index in [1.165, 1.54) is 49.7 Å². The first-order valence-electron chi connectivity index (χ1n) is 20.8. The molecule has 1 aromatic heterocycles. The van der Waals surface area contributed by atoms with Crippen LogP contribution in [0.4, 0.5) is 0 Å². The van der Waals surface area contributed by atoms with Crippen molar-refractivity contribution in [3.8, 4) is 67.4 Å². The maximum Gasteiger partial charge on any atom is 0.136 e. The van der Waals surface area contributed by atoms with Gasteiger partial charge in [0.2, 0.25) is 0 Å². The third kappa shape index (κ3) is 5.29. The molecule has 0 bridgehead atoms. The highest BCUT2D eigenvalue weighted by atomic mass is 16.5. The minimum atomic E-state index is -0.507. The zero-order chi connectivity index (χ0) is 39.6. The fourth-order valence-electron chi connectivity index (χ4n) is 9.95. The van der Waals surface area contributed by atoms with Gasteiger partial charge >= 0.3 is 0 Å². The molecule has 60 heavy (non-hydrogen) atoms. The van der Waals surface area contributed by atoms with Gasteiger partial charge in [0.1, 0.15) is 17.3 Å². The highest BCUT2D eigenvalue weighted by molar-refractivity contribution is 6.04. The van der Waals surface area contributed by atoms with E-state index in [4.69, 9.17) is 14.7 Å². The average molecular weight is 767 g/mol. The van der Waals surface area contributed by atoms with Crippen molar-refractivity contribution in [3.63, 3.8) is 0 Å². The molecule has 282 valence electrons. The molecular weight excluding hydrogens is 729 g/mol. The molecule has 3 heteroatoms. The Balaban J connectivity index is 0.975. The minimum absolute atomic E-state index is 0.101. The second-order valence-electron chi connectivity index (χ2n) is 16.0. The molecule has 8 aromatic carbocycles. The first kappa shape index (κ1) is 34.4. The lowest BCUT2D eigenvalue weighted by Gasteiger charge is -2.39. The number of allylic oxidation sites excluding steroid dienone is 4. The maximum absolute atomic E-state index is 6.70. The molecule has 2 aliphatic carbocycles. The van der Waals surface area contributed by atoms with E-state index < -0.39 is 5.41 Å². The summed E-state index contributed by atoms with van der Waals surface area (Å²) in [7, 11) is 0. The molecule has 12 rings (SSSR count). The summed E-state index contributed by atoms with van der Waals surface area (Å²) in [4.78, 5) is 10.5. The monoisotopic (exact) mass is 766 g/mol. The molecule has 0 amide bonds. The number of fused-ring (bicyclic) bond motifs is 10. The van der Waals surface area contributed by atoms with E-state index in [1.807, 2.05) is 0 Å².